The van der Waals surface area contributed by atoms with Crippen LogP contribution in [0.4, 0.5) is 0 Å². The molecule has 3 rings (SSSR count). The summed E-state index contributed by atoms with van der Waals surface area (Å²) in [5.74, 6) is 0.728. The molecule has 106 valence electrons. The molecule has 0 bridgehead atoms. The number of likely N-dealkylation sites (tertiary alicyclic amines) is 1. The molecular formula is C14H17N3OS2. The molecule has 6 heteroatoms. The van der Waals surface area contributed by atoms with Crippen LogP contribution in [0.25, 0.3) is 0 Å². The molecular weight excluding hydrogens is 290 g/mol. The van der Waals surface area contributed by atoms with Crippen molar-refractivity contribution in [2.75, 3.05) is 13.1 Å². The Kier molecular flexibility index (Phi) is 4.12. The van der Waals surface area contributed by atoms with E-state index < -0.39 is 0 Å². The molecule has 20 heavy (non-hydrogen) atoms. The lowest BCUT2D eigenvalue weighted by atomic mass is 9.97. The standard InChI is InChI=1S/C14H17N3OS2/c1-10-15-16-14(20-10)11-4-6-17(7-5-11)13(18)9-12-3-2-8-19-12/h2-3,8,11H,4-7,9H2,1H3. The van der Waals surface area contributed by atoms with E-state index >= 15 is 0 Å². The van der Waals surface area contributed by atoms with E-state index in [-0.39, 0.29) is 5.91 Å². The number of carbonyl (C=O) groups is 1. The highest BCUT2D eigenvalue weighted by Crippen LogP contribution is 2.30. The second-order valence-corrected chi connectivity index (χ2v) is 7.32. The van der Waals surface area contributed by atoms with E-state index in [1.807, 2.05) is 29.3 Å². The van der Waals surface area contributed by atoms with E-state index in [1.165, 1.54) is 0 Å². The number of nitrogens with zero attached hydrogens (tertiary/aromatic N) is 3. The Labute approximate surface area is 126 Å². The molecule has 2 aromatic heterocycles. The predicted molar refractivity (Wildman–Crippen MR) is 81.2 cm³/mol. The minimum absolute atomic E-state index is 0.249. The Balaban J connectivity index is 1.54. The third-order valence-electron chi connectivity index (χ3n) is 3.64. The maximum Gasteiger partial charge on any atom is 0.227 e. The van der Waals surface area contributed by atoms with Gasteiger partial charge in [0.25, 0.3) is 0 Å². The first-order valence-corrected chi connectivity index (χ1v) is 8.52. The summed E-state index contributed by atoms with van der Waals surface area (Å²) in [4.78, 5) is 15.4. The zero-order chi connectivity index (χ0) is 13.9. The molecule has 0 radical (unpaired) electrons. The van der Waals surface area contributed by atoms with E-state index in [9.17, 15) is 4.79 Å². The lowest BCUT2D eigenvalue weighted by Crippen LogP contribution is -2.38. The van der Waals surface area contributed by atoms with Gasteiger partial charge >= 0.3 is 0 Å². The number of aryl methyl sites for hydroxylation is 1. The van der Waals surface area contributed by atoms with Crippen LogP contribution in [-0.4, -0.2) is 34.1 Å². The minimum Gasteiger partial charge on any atom is -0.342 e. The van der Waals surface area contributed by atoms with Crippen molar-refractivity contribution in [1.82, 2.24) is 15.1 Å². The van der Waals surface area contributed by atoms with E-state index in [1.54, 1.807) is 22.7 Å². The van der Waals surface area contributed by atoms with Crippen molar-refractivity contribution in [2.24, 2.45) is 0 Å². The quantitative estimate of drug-likeness (QED) is 0.876. The number of thiophene rings is 1. The van der Waals surface area contributed by atoms with Gasteiger partial charge in [-0.3, -0.25) is 4.79 Å². The van der Waals surface area contributed by atoms with E-state index in [0.717, 1.165) is 40.8 Å². The van der Waals surface area contributed by atoms with Crippen LogP contribution < -0.4 is 0 Å². The first-order valence-electron chi connectivity index (χ1n) is 6.82. The lowest BCUT2D eigenvalue weighted by molar-refractivity contribution is -0.131. The first kappa shape index (κ1) is 13.7. The first-order chi connectivity index (χ1) is 9.72. The molecule has 0 aromatic carbocycles. The van der Waals surface area contributed by atoms with Crippen LogP contribution in [0.15, 0.2) is 17.5 Å². The fourth-order valence-electron chi connectivity index (χ4n) is 2.53. The molecule has 4 nitrogen and oxygen atoms in total. The van der Waals surface area contributed by atoms with Gasteiger partial charge in [-0.1, -0.05) is 6.07 Å². The van der Waals surface area contributed by atoms with Crippen LogP contribution in [-0.2, 0) is 11.2 Å². The van der Waals surface area contributed by atoms with Crippen molar-refractivity contribution in [1.29, 1.82) is 0 Å². The lowest BCUT2D eigenvalue weighted by Gasteiger charge is -2.30. The number of hydrogen-bond acceptors (Lipinski definition) is 5. The Morgan fingerprint density at radius 2 is 2.20 bits per heavy atom. The van der Waals surface area contributed by atoms with Gasteiger partial charge in [-0.15, -0.1) is 32.9 Å². The average Bonchev–Trinajstić information content (AvgIpc) is 3.10. The fraction of sp³-hybridized carbons (Fsp3) is 0.500. The van der Waals surface area contributed by atoms with Crippen molar-refractivity contribution < 1.29 is 4.79 Å². The van der Waals surface area contributed by atoms with Crippen molar-refractivity contribution >= 4 is 28.6 Å². The van der Waals surface area contributed by atoms with Crippen LogP contribution in [0.1, 0.15) is 33.7 Å². The SMILES string of the molecule is Cc1nnc(C2CCN(C(=O)Cc3cccs3)CC2)s1. The van der Waals surface area contributed by atoms with Gasteiger partial charge in [-0.05, 0) is 31.2 Å². The molecule has 1 amide bonds. The monoisotopic (exact) mass is 307 g/mol. The van der Waals surface area contributed by atoms with Gasteiger partial charge in [-0.2, -0.15) is 0 Å². The number of rotatable bonds is 3. The van der Waals surface area contributed by atoms with Crippen LogP contribution in [0.5, 0.6) is 0 Å². The maximum absolute atomic E-state index is 12.2. The molecule has 0 spiro atoms. The number of carbonyl (C=O) groups excluding carboxylic acids is 1. The Bertz CT molecular complexity index is 571. The van der Waals surface area contributed by atoms with E-state index in [0.29, 0.717) is 12.3 Å². The minimum atomic E-state index is 0.249. The van der Waals surface area contributed by atoms with E-state index in [4.69, 9.17) is 0 Å². The zero-order valence-electron chi connectivity index (χ0n) is 11.4. The van der Waals surface area contributed by atoms with Crippen LogP contribution >= 0.6 is 22.7 Å². The summed E-state index contributed by atoms with van der Waals surface area (Å²) < 4.78 is 0. The molecule has 1 aliphatic rings. The molecule has 0 aliphatic carbocycles. The third-order valence-corrected chi connectivity index (χ3v) is 5.52. The second-order valence-electron chi connectivity index (χ2n) is 5.07. The molecule has 0 N–H and O–H groups in total. The van der Waals surface area contributed by atoms with Gasteiger partial charge < -0.3 is 4.90 Å². The molecule has 1 saturated heterocycles. The van der Waals surface area contributed by atoms with Gasteiger partial charge in [0, 0.05) is 23.9 Å². The van der Waals surface area contributed by atoms with Crippen LogP contribution in [0.3, 0.4) is 0 Å². The summed E-state index contributed by atoms with van der Waals surface area (Å²) in [5.41, 5.74) is 0. The molecule has 3 heterocycles. The summed E-state index contributed by atoms with van der Waals surface area (Å²) in [7, 11) is 0. The number of piperidine rings is 1. The van der Waals surface area contributed by atoms with Crippen molar-refractivity contribution in [3.8, 4) is 0 Å². The number of hydrogen-bond donors (Lipinski definition) is 0. The number of aromatic nitrogens is 2. The summed E-state index contributed by atoms with van der Waals surface area (Å²) >= 11 is 3.33. The molecule has 1 fully saturated rings. The highest BCUT2D eigenvalue weighted by atomic mass is 32.1. The van der Waals surface area contributed by atoms with Gasteiger partial charge in [0.1, 0.15) is 10.0 Å². The third kappa shape index (κ3) is 3.07. The Morgan fingerprint density at radius 3 is 2.80 bits per heavy atom. The highest BCUT2D eigenvalue weighted by molar-refractivity contribution is 7.11. The van der Waals surface area contributed by atoms with Gasteiger partial charge in [0.15, 0.2) is 0 Å². The predicted octanol–water partition coefficient (Wildman–Crippen LogP) is 2.86. The smallest absolute Gasteiger partial charge is 0.227 e. The van der Waals surface area contributed by atoms with E-state index in [2.05, 4.69) is 10.2 Å². The molecule has 1 aliphatic heterocycles. The fourth-order valence-corrected chi connectivity index (χ4v) is 4.09. The van der Waals surface area contributed by atoms with Gasteiger partial charge in [0.05, 0.1) is 6.42 Å². The molecule has 2 aromatic rings. The van der Waals surface area contributed by atoms with Crippen molar-refractivity contribution in [3.05, 3.63) is 32.4 Å². The summed E-state index contributed by atoms with van der Waals surface area (Å²) in [6, 6.07) is 4.02. The van der Waals surface area contributed by atoms with Crippen molar-refractivity contribution in [2.45, 2.75) is 32.1 Å². The summed E-state index contributed by atoms with van der Waals surface area (Å²) in [5, 5.41) is 12.5. The zero-order valence-corrected chi connectivity index (χ0v) is 13.0. The molecule has 0 atom stereocenters. The topological polar surface area (TPSA) is 46.1 Å². The van der Waals surface area contributed by atoms with Crippen LogP contribution in [0.2, 0.25) is 0 Å². The molecule has 0 unspecified atom stereocenters. The van der Waals surface area contributed by atoms with Crippen LogP contribution in [0, 0.1) is 6.92 Å². The van der Waals surface area contributed by atoms with Gasteiger partial charge in [0.2, 0.25) is 5.91 Å². The van der Waals surface area contributed by atoms with Crippen molar-refractivity contribution in [3.63, 3.8) is 0 Å². The summed E-state index contributed by atoms with van der Waals surface area (Å²) in [6.07, 6.45) is 2.55. The highest BCUT2D eigenvalue weighted by Gasteiger charge is 2.25. The number of amides is 1. The largest absolute Gasteiger partial charge is 0.342 e. The Hall–Kier alpha value is -1.27. The average molecular weight is 307 g/mol. The Morgan fingerprint density at radius 1 is 1.40 bits per heavy atom. The molecule has 0 saturated carbocycles. The summed E-state index contributed by atoms with van der Waals surface area (Å²) in [6.45, 7) is 3.67. The second kappa shape index (κ2) is 6.01. The maximum atomic E-state index is 12.2. The normalized spacial score (nSPS) is 16.6. The van der Waals surface area contributed by atoms with Gasteiger partial charge in [-0.25, -0.2) is 0 Å².